The summed E-state index contributed by atoms with van der Waals surface area (Å²) < 4.78 is 52.5. The van der Waals surface area contributed by atoms with Crippen LogP contribution in [0.3, 0.4) is 0 Å². The highest BCUT2D eigenvalue weighted by molar-refractivity contribution is 5.90. The molecular weight excluding hydrogens is 373 g/mol. The normalized spacial score (nSPS) is 20.4. The fourth-order valence-corrected chi connectivity index (χ4v) is 3.05. The Hall–Kier alpha value is -3.00. The number of amides is 1. The van der Waals surface area contributed by atoms with E-state index in [-0.39, 0.29) is 23.5 Å². The Labute approximate surface area is 160 Å². The fraction of sp³-hybridized carbons (Fsp3) is 0.250. The second kappa shape index (κ2) is 7.20. The number of halogens is 3. The Morgan fingerprint density at radius 2 is 1.79 bits per heavy atom. The number of benzene rings is 2. The summed E-state index contributed by atoms with van der Waals surface area (Å²) in [5.41, 5.74) is 3.19. The zero-order chi connectivity index (χ0) is 20.5. The number of ether oxygens (including phenoxy) is 2. The smallest absolute Gasteiger partial charge is 0.431 e. The molecule has 0 bridgehead atoms. The molecule has 2 aromatic carbocycles. The molecule has 1 heterocycles. The maximum absolute atomic E-state index is 14.1. The first kappa shape index (κ1) is 19.8. The number of nitrogens with zero attached hydrogens (tertiary/aromatic N) is 1. The molecule has 1 amide bonds. The van der Waals surface area contributed by atoms with Crippen LogP contribution in [-0.2, 0) is 21.7 Å². The standard InChI is InChI=1S/C20H19F3N2O3/c1-13-12-28-19(20(21,22)23,15-5-7-16(24)8-6-15)18(26)25(13)11-14-3-9-17(27-2)10-4-14/h3-10H,1,11-12,24H2,2H3. The van der Waals surface area contributed by atoms with Crippen molar-refractivity contribution in [1.29, 1.82) is 0 Å². The maximum Gasteiger partial charge on any atom is 0.431 e. The van der Waals surface area contributed by atoms with Crippen LogP contribution in [0.25, 0.3) is 0 Å². The quantitative estimate of drug-likeness (QED) is 0.808. The lowest BCUT2D eigenvalue weighted by molar-refractivity contribution is -0.283. The van der Waals surface area contributed by atoms with E-state index < -0.39 is 24.3 Å². The van der Waals surface area contributed by atoms with Gasteiger partial charge in [0.25, 0.3) is 11.5 Å². The second-order valence-electron chi connectivity index (χ2n) is 6.40. The Bertz CT molecular complexity index is 879. The van der Waals surface area contributed by atoms with E-state index in [1.54, 1.807) is 24.3 Å². The number of carbonyl (C=O) groups is 1. The predicted octanol–water partition coefficient (Wildman–Crippen LogP) is 3.61. The van der Waals surface area contributed by atoms with E-state index in [1.165, 1.54) is 19.2 Å². The molecule has 1 aliphatic heterocycles. The second-order valence-corrected chi connectivity index (χ2v) is 6.40. The number of anilines is 1. The molecule has 2 N–H and O–H groups in total. The van der Waals surface area contributed by atoms with E-state index in [1.807, 2.05) is 0 Å². The van der Waals surface area contributed by atoms with Crippen LogP contribution in [-0.4, -0.2) is 30.7 Å². The van der Waals surface area contributed by atoms with Gasteiger partial charge >= 0.3 is 6.18 Å². The lowest BCUT2D eigenvalue weighted by atomic mass is 9.89. The Balaban J connectivity index is 2.01. The molecule has 8 heteroatoms. The first-order chi connectivity index (χ1) is 13.2. The molecule has 1 fully saturated rings. The monoisotopic (exact) mass is 392 g/mol. The van der Waals surface area contributed by atoms with Gasteiger partial charge in [-0.1, -0.05) is 30.8 Å². The van der Waals surface area contributed by atoms with Crippen molar-refractivity contribution in [1.82, 2.24) is 4.90 Å². The van der Waals surface area contributed by atoms with E-state index in [2.05, 4.69) is 6.58 Å². The van der Waals surface area contributed by atoms with Crippen molar-refractivity contribution in [3.05, 3.63) is 71.9 Å². The van der Waals surface area contributed by atoms with E-state index in [9.17, 15) is 18.0 Å². The number of alkyl halides is 3. The molecule has 0 spiro atoms. The van der Waals surface area contributed by atoms with Gasteiger partial charge in [0.15, 0.2) is 0 Å². The number of morpholine rings is 1. The third-order valence-corrected chi connectivity index (χ3v) is 4.60. The average molecular weight is 392 g/mol. The predicted molar refractivity (Wildman–Crippen MR) is 97.2 cm³/mol. The third-order valence-electron chi connectivity index (χ3n) is 4.60. The first-order valence-corrected chi connectivity index (χ1v) is 8.38. The van der Waals surface area contributed by atoms with Crippen LogP contribution in [0.2, 0.25) is 0 Å². The summed E-state index contributed by atoms with van der Waals surface area (Å²) >= 11 is 0. The molecule has 5 nitrogen and oxygen atoms in total. The highest BCUT2D eigenvalue weighted by Gasteiger charge is 2.66. The molecule has 1 atom stereocenters. The summed E-state index contributed by atoms with van der Waals surface area (Å²) in [6.45, 7) is 3.19. The van der Waals surface area contributed by atoms with Crippen molar-refractivity contribution in [3.63, 3.8) is 0 Å². The van der Waals surface area contributed by atoms with Crippen molar-refractivity contribution in [2.24, 2.45) is 0 Å². The van der Waals surface area contributed by atoms with Crippen LogP contribution in [0.15, 0.2) is 60.8 Å². The van der Waals surface area contributed by atoms with Crippen molar-refractivity contribution in [3.8, 4) is 5.75 Å². The van der Waals surface area contributed by atoms with Gasteiger partial charge in [0.1, 0.15) is 5.75 Å². The summed E-state index contributed by atoms with van der Waals surface area (Å²) in [6.07, 6.45) is -4.97. The highest BCUT2D eigenvalue weighted by Crippen LogP contribution is 2.47. The van der Waals surface area contributed by atoms with E-state index >= 15 is 0 Å². The average Bonchev–Trinajstić information content (AvgIpc) is 2.66. The molecule has 148 valence electrons. The minimum absolute atomic E-state index is 0.0716. The molecule has 0 saturated carbocycles. The molecule has 3 rings (SSSR count). The van der Waals surface area contributed by atoms with Crippen molar-refractivity contribution in [2.75, 3.05) is 19.5 Å². The van der Waals surface area contributed by atoms with Gasteiger partial charge < -0.3 is 20.1 Å². The molecule has 1 unspecified atom stereocenters. The highest BCUT2D eigenvalue weighted by atomic mass is 19.4. The first-order valence-electron chi connectivity index (χ1n) is 8.38. The number of carbonyl (C=O) groups excluding carboxylic acids is 1. The van der Waals surface area contributed by atoms with Gasteiger partial charge in [-0.2, -0.15) is 13.2 Å². The van der Waals surface area contributed by atoms with Crippen LogP contribution in [0.4, 0.5) is 18.9 Å². The van der Waals surface area contributed by atoms with Gasteiger partial charge in [-0.15, -0.1) is 0 Å². The topological polar surface area (TPSA) is 64.8 Å². The zero-order valence-electron chi connectivity index (χ0n) is 15.1. The van der Waals surface area contributed by atoms with Gasteiger partial charge in [0.2, 0.25) is 0 Å². The molecule has 2 aromatic rings. The van der Waals surface area contributed by atoms with E-state index in [0.717, 1.165) is 17.0 Å². The van der Waals surface area contributed by atoms with Crippen molar-refractivity contribution < 1.29 is 27.4 Å². The van der Waals surface area contributed by atoms with Crippen molar-refractivity contribution >= 4 is 11.6 Å². The summed E-state index contributed by atoms with van der Waals surface area (Å²) in [4.78, 5) is 14.1. The summed E-state index contributed by atoms with van der Waals surface area (Å²) in [5, 5.41) is 0. The molecule has 28 heavy (non-hydrogen) atoms. The van der Waals surface area contributed by atoms with E-state index in [0.29, 0.717) is 11.3 Å². The fourth-order valence-electron chi connectivity index (χ4n) is 3.05. The largest absolute Gasteiger partial charge is 0.497 e. The summed E-state index contributed by atoms with van der Waals surface area (Å²) in [5.74, 6) is -0.640. The Kier molecular flexibility index (Phi) is 5.08. The Morgan fingerprint density at radius 1 is 1.18 bits per heavy atom. The Morgan fingerprint density at radius 3 is 2.32 bits per heavy atom. The van der Waals surface area contributed by atoms with E-state index in [4.69, 9.17) is 15.2 Å². The lowest BCUT2D eigenvalue weighted by Crippen LogP contribution is -2.60. The van der Waals surface area contributed by atoms with Crippen LogP contribution in [0, 0.1) is 0 Å². The lowest BCUT2D eigenvalue weighted by Gasteiger charge is -2.43. The van der Waals surface area contributed by atoms with Crippen LogP contribution < -0.4 is 10.5 Å². The van der Waals surface area contributed by atoms with Gasteiger partial charge in [-0.3, -0.25) is 4.79 Å². The van der Waals surface area contributed by atoms with Crippen LogP contribution in [0.1, 0.15) is 11.1 Å². The molecule has 0 radical (unpaired) electrons. The number of hydrogen-bond donors (Lipinski definition) is 1. The number of hydrogen-bond acceptors (Lipinski definition) is 4. The zero-order valence-corrected chi connectivity index (χ0v) is 15.1. The molecule has 1 saturated heterocycles. The van der Waals surface area contributed by atoms with Gasteiger partial charge in [-0.05, 0) is 29.8 Å². The van der Waals surface area contributed by atoms with Gasteiger partial charge in [0, 0.05) is 16.9 Å². The maximum atomic E-state index is 14.1. The summed E-state index contributed by atoms with van der Waals surface area (Å²) in [6, 6.07) is 11.6. The molecule has 1 aliphatic rings. The summed E-state index contributed by atoms with van der Waals surface area (Å²) in [7, 11) is 1.51. The molecule has 0 aliphatic carbocycles. The van der Waals surface area contributed by atoms with Crippen molar-refractivity contribution in [2.45, 2.75) is 18.3 Å². The number of nitrogens with two attached hydrogens (primary N) is 1. The minimum Gasteiger partial charge on any atom is -0.497 e. The van der Waals surface area contributed by atoms with Gasteiger partial charge in [-0.25, -0.2) is 0 Å². The number of rotatable bonds is 4. The van der Waals surface area contributed by atoms with Crippen LogP contribution >= 0.6 is 0 Å². The molecule has 0 aromatic heterocycles. The SMILES string of the molecule is C=C1COC(c2ccc(N)cc2)(C(F)(F)F)C(=O)N1Cc1ccc(OC)cc1. The number of nitrogen functional groups attached to an aromatic ring is 1. The van der Waals surface area contributed by atoms with Crippen LogP contribution in [0.5, 0.6) is 5.75 Å². The minimum atomic E-state index is -4.97. The number of methoxy groups -OCH3 is 1. The van der Waals surface area contributed by atoms with Gasteiger partial charge in [0.05, 0.1) is 20.3 Å². The third kappa shape index (κ3) is 3.31. The molecular formula is C20H19F3N2O3.